The van der Waals surface area contributed by atoms with Crippen molar-refractivity contribution in [3.63, 3.8) is 0 Å². The number of fused-ring (bicyclic) bond motifs is 1. The average Bonchev–Trinajstić information content (AvgIpc) is 2.85. The van der Waals surface area contributed by atoms with Crippen LogP contribution in [0.2, 0.25) is 0 Å². The minimum Gasteiger partial charge on any atom is -0.428 e. The first-order chi connectivity index (χ1) is 11.3. The molecule has 132 valence electrons. The van der Waals surface area contributed by atoms with E-state index in [1.165, 1.54) is 37.3 Å². The van der Waals surface area contributed by atoms with Crippen molar-refractivity contribution in [1.82, 2.24) is 0 Å². The lowest BCUT2D eigenvalue weighted by molar-refractivity contribution is -0.154. The molecule has 2 fully saturated rings. The van der Waals surface area contributed by atoms with Crippen molar-refractivity contribution in [3.05, 3.63) is 36.0 Å². The summed E-state index contributed by atoms with van der Waals surface area (Å²) in [6.07, 6.45) is 11.4. The molecule has 0 saturated heterocycles. The predicted molar refractivity (Wildman–Crippen MR) is 95.2 cm³/mol. The lowest BCUT2D eigenvalue weighted by Gasteiger charge is -2.57. The standard InChI is InChI=1S/C21H30O3/c1-14-7-10-17-20(2,3)11-6-12-21(17,4)16(14)9-8-15-13-18(22)24-19(15)23-5/h8-9,13,16-17,19H,1,6-7,10-12H2,2-5H3/b9-8+/t16-,17-,19-,21+/m0/s1. The van der Waals surface area contributed by atoms with Gasteiger partial charge in [-0.2, -0.15) is 0 Å². The van der Waals surface area contributed by atoms with Crippen molar-refractivity contribution >= 4 is 5.97 Å². The zero-order valence-electron chi connectivity index (χ0n) is 15.4. The fourth-order valence-electron chi connectivity index (χ4n) is 5.50. The van der Waals surface area contributed by atoms with Gasteiger partial charge in [0.05, 0.1) is 0 Å². The van der Waals surface area contributed by atoms with Crippen LogP contribution in [-0.4, -0.2) is 19.4 Å². The lowest BCUT2D eigenvalue weighted by Crippen LogP contribution is -2.48. The van der Waals surface area contributed by atoms with Crippen LogP contribution in [0, 0.1) is 22.7 Å². The number of ether oxygens (including phenoxy) is 2. The van der Waals surface area contributed by atoms with Crippen LogP contribution in [-0.2, 0) is 14.3 Å². The van der Waals surface area contributed by atoms with Crippen LogP contribution in [0.4, 0.5) is 0 Å². The molecular formula is C21H30O3. The number of esters is 1. The van der Waals surface area contributed by atoms with Gasteiger partial charge in [0.2, 0.25) is 6.29 Å². The molecular weight excluding hydrogens is 300 g/mol. The Balaban J connectivity index is 1.88. The Kier molecular flexibility index (Phi) is 4.50. The fraction of sp³-hybridized carbons (Fsp3) is 0.667. The first kappa shape index (κ1) is 17.5. The summed E-state index contributed by atoms with van der Waals surface area (Å²) in [6.45, 7) is 11.7. The number of carbonyl (C=O) groups is 1. The molecule has 0 aromatic heterocycles. The van der Waals surface area contributed by atoms with E-state index >= 15 is 0 Å². The van der Waals surface area contributed by atoms with Crippen LogP contribution in [0.3, 0.4) is 0 Å². The monoisotopic (exact) mass is 330 g/mol. The Morgan fingerprint density at radius 1 is 1.33 bits per heavy atom. The van der Waals surface area contributed by atoms with Gasteiger partial charge in [-0.15, -0.1) is 0 Å². The largest absolute Gasteiger partial charge is 0.428 e. The number of methoxy groups -OCH3 is 1. The number of cyclic esters (lactones) is 1. The van der Waals surface area contributed by atoms with E-state index in [9.17, 15) is 4.79 Å². The molecule has 0 aromatic carbocycles. The topological polar surface area (TPSA) is 35.5 Å². The van der Waals surface area contributed by atoms with Crippen LogP contribution in [0.5, 0.6) is 0 Å². The highest BCUT2D eigenvalue weighted by molar-refractivity contribution is 5.86. The molecule has 0 N–H and O–H groups in total. The van der Waals surface area contributed by atoms with Gasteiger partial charge < -0.3 is 9.47 Å². The summed E-state index contributed by atoms with van der Waals surface area (Å²) in [5.74, 6) is 0.740. The summed E-state index contributed by atoms with van der Waals surface area (Å²) in [6, 6.07) is 0. The third-order valence-corrected chi connectivity index (χ3v) is 6.66. The zero-order chi connectivity index (χ0) is 17.5. The van der Waals surface area contributed by atoms with E-state index in [-0.39, 0.29) is 11.4 Å². The quantitative estimate of drug-likeness (QED) is 0.551. The minimum absolute atomic E-state index is 0.250. The van der Waals surface area contributed by atoms with Gasteiger partial charge in [0.25, 0.3) is 0 Å². The van der Waals surface area contributed by atoms with Crippen molar-refractivity contribution in [2.45, 2.75) is 59.2 Å². The zero-order valence-corrected chi connectivity index (χ0v) is 15.4. The smallest absolute Gasteiger partial charge is 0.333 e. The molecule has 2 saturated carbocycles. The summed E-state index contributed by atoms with van der Waals surface area (Å²) in [5.41, 5.74) is 2.76. The van der Waals surface area contributed by atoms with Gasteiger partial charge in [-0.05, 0) is 42.4 Å². The summed E-state index contributed by atoms with van der Waals surface area (Å²) >= 11 is 0. The van der Waals surface area contributed by atoms with Crippen molar-refractivity contribution in [3.8, 4) is 0 Å². The first-order valence-corrected chi connectivity index (χ1v) is 9.09. The lowest BCUT2D eigenvalue weighted by atomic mass is 9.47. The molecule has 0 amide bonds. The molecule has 3 aliphatic rings. The van der Waals surface area contributed by atoms with Gasteiger partial charge in [0, 0.05) is 24.7 Å². The molecule has 3 nitrogen and oxygen atoms in total. The van der Waals surface area contributed by atoms with Gasteiger partial charge in [-0.25, -0.2) is 4.79 Å². The fourth-order valence-corrected chi connectivity index (χ4v) is 5.50. The highest BCUT2D eigenvalue weighted by Gasteiger charge is 2.52. The highest BCUT2D eigenvalue weighted by atomic mass is 16.7. The molecule has 0 bridgehead atoms. The Morgan fingerprint density at radius 2 is 2.08 bits per heavy atom. The molecule has 1 aliphatic heterocycles. The van der Waals surface area contributed by atoms with Gasteiger partial charge in [0.1, 0.15) is 0 Å². The van der Waals surface area contributed by atoms with E-state index in [0.29, 0.717) is 17.3 Å². The van der Waals surface area contributed by atoms with Crippen molar-refractivity contribution in [2.24, 2.45) is 22.7 Å². The third kappa shape index (κ3) is 2.88. The Bertz CT molecular complexity index is 598. The maximum atomic E-state index is 11.5. The van der Waals surface area contributed by atoms with Crippen LogP contribution in [0.15, 0.2) is 36.0 Å². The average molecular weight is 330 g/mol. The van der Waals surface area contributed by atoms with Gasteiger partial charge >= 0.3 is 5.97 Å². The molecule has 4 atom stereocenters. The number of allylic oxidation sites excluding steroid dienone is 2. The van der Waals surface area contributed by atoms with E-state index in [4.69, 9.17) is 9.47 Å². The summed E-state index contributed by atoms with van der Waals surface area (Å²) in [4.78, 5) is 11.5. The summed E-state index contributed by atoms with van der Waals surface area (Å²) in [5, 5.41) is 0. The van der Waals surface area contributed by atoms with E-state index in [1.807, 2.05) is 6.08 Å². The van der Waals surface area contributed by atoms with Gasteiger partial charge in [0.15, 0.2) is 0 Å². The molecule has 3 rings (SSSR count). The van der Waals surface area contributed by atoms with Crippen LogP contribution in [0.25, 0.3) is 0 Å². The van der Waals surface area contributed by atoms with Crippen LogP contribution >= 0.6 is 0 Å². The molecule has 0 aromatic rings. The molecule has 0 radical (unpaired) electrons. The van der Waals surface area contributed by atoms with Gasteiger partial charge in [-0.1, -0.05) is 51.5 Å². The maximum Gasteiger partial charge on any atom is 0.333 e. The van der Waals surface area contributed by atoms with E-state index in [1.54, 1.807) is 7.11 Å². The van der Waals surface area contributed by atoms with Crippen molar-refractivity contribution < 1.29 is 14.3 Å². The van der Waals surface area contributed by atoms with Crippen LogP contribution in [0.1, 0.15) is 52.9 Å². The van der Waals surface area contributed by atoms with E-state index in [2.05, 4.69) is 33.4 Å². The van der Waals surface area contributed by atoms with E-state index < -0.39 is 6.29 Å². The predicted octanol–water partition coefficient (Wildman–Crippen LogP) is 4.80. The number of hydrogen-bond donors (Lipinski definition) is 0. The third-order valence-electron chi connectivity index (χ3n) is 6.66. The summed E-state index contributed by atoms with van der Waals surface area (Å²) < 4.78 is 10.4. The Hall–Kier alpha value is -1.35. The normalized spacial score (nSPS) is 38.8. The molecule has 24 heavy (non-hydrogen) atoms. The molecule has 2 aliphatic carbocycles. The number of hydrogen-bond acceptors (Lipinski definition) is 3. The number of carbonyl (C=O) groups excluding carboxylic acids is 1. The molecule has 0 spiro atoms. The second-order valence-electron chi connectivity index (χ2n) is 8.58. The Morgan fingerprint density at radius 3 is 2.79 bits per heavy atom. The summed E-state index contributed by atoms with van der Waals surface area (Å²) in [7, 11) is 1.56. The van der Waals surface area contributed by atoms with Gasteiger partial charge in [-0.3, -0.25) is 0 Å². The molecule has 0 unspecified atom stereocenters. The molecule has 3 heteroatoms. The van der Waals surface area contributed by atoms with Crippen molar-refractivity contribution in [1.29, 1.82) is 0 Å². The second-order valence-corrected chi connectivity index (χ2v) is 8.58. The van der Waals surface area contributed by atoms with Crippen LogP contribution < -0.4 is 0 Å². The Labute approximate surface area is 145 Å². The second kappa shape index (κ2) is 6.18. The first-order valence-electron chi connectivity index (χ1n) is 9.09. The SMILES string of the molecule is C=C1CC[C@H]2C(C)(C)CCC[C@]2(C)[C@H]1/C=C/C1=CC(=O)O[C@@H]1OC. The number of rotatable bonds is 3. The molecule has 1 heterocycles. The minimum atomic E-state index is -0.572. The maximum absolute atomic E-state index is 11.5. The highest BCUT2D eigenvalue weighted by Crippen LogP contribution is 2.61. The van der Waals surface area contributed by atoms with E-state index in [0.717, 1.165) is 12.0 Å². The van der Waals surface area contributed by atoms with Crippen molar-refractivity contribution in [2.75, 3.05) is 7.11 Å².